The van der Waals surface area contributed by atoms with Gasteiger partial charge in [0, 0.05) is 17.6 Å². The molecule has 1 aromatic carbocycles. The average molecular weight is 191 g/mol. The summed E-state index contributed by atoms with van der Waals surface area (Å²) in [4.78, 5) is 3.19. The van der Waals surface area contributed by atoms with Crippen LogP contribution in [0, 0.1) is 0 Å². The first-order valence-electron chi connectivity index (χ1n) is 4.65. The van der Waals surface area contributed by atoms with Gasteiger partial charge in [0.1, 0.15) is 0 Å². The second-order valence-corrected chi connectivity index (χ2v) is 3.42. The first-order valence-corrected chi connectivity index (χ1v) is 4.65. The Morgan fingerprint density at radius 2 is 2.07 bits per heavy atom. The van der Waals surface area contributed by atoms with Gasteiger partial charge in [-0.3, -0.25) is 0 Å². The summed E-state index contributed by atoms with van der Waals surface area (Å²) in [5, 5.41) is 19.1. The first-order chi connectivity index (χ1) is 6.79. The number of para-hydroxylation sites is 1. The molecule has 0 unspecified atom stereocenters. The molecule has 1 aromatic heterocycles. The summed E-state index contributed by atoms with van der Waals surface area (Å²) in [7, 11) is 0. The van der Waals surface area contributed by atoms with Gasteiger partial charge in [-0.05, 0) is 17.5 Å². The Bertz CT molecular complexity index is 389. The summed E-state index contributed by atoms with van der Waals surface area (Å²) < 4.78 is 0. The molecule has 0 bridgehead atoms. The van der Waals surface area contributed by atoms with E-state index in [4.69, 9.17) is 5.11 Å². The van der Waals surface area contributed by atoms with Crippen LogP contribution in [-0.4, -0.2) is 27.9 Å². The summed E-state index contributed by atoms with van der Waals surface area (Å²) in [6, 6.07) is 9.94. The van der Waals surface area contributed by atoms with E-state index in [1.165, 1.54) is 0 Å². The van der Waals surface area contributed by atoms with Gasteiger partial charge in [-0.2, -0.15) is 0 Å². The number of aliphatic hydroxyl groups excluding tert-OH is 2. The zero-order valence-corrected chi connectivity index (χ0v) is 7.77. The van der Waals surface area contributed by atoms with Crippen molar-refractivity contribution >= 4 is 10.9 Å². The van der Waals surface area contributed by atoms with Crippen molar-refractivity contribution in [1.29, 1.82) is 0 Å². The van der Waals surface area contributed by atoms with E-state index in [9.17, 15) is 5.11 Å². The van der Waals surface area contributed by atoms with Crippen molar-refractivity contribution in [2.45, 2.75) is 12.5 Å². The molecule has 1 atom stereocenters. The third-order valence-corrected chi connectivity index (χ3v) is 2.25. The zero-order chi connectivity index (χ0) is 9.97. The Morgan fingerprint density at radius 1 is 1.29 bits per heavy atom. The first kappa shape index (κ1) is 9.24. The van der Waals surface area contributed by atoms with Crippen LogP contribution in [-0.2, 0) is 6.42 Å². The summed E-state index contributed by atoms with van der Waals surface area (Å²) in [6.45, 7) is -0.199. The number of hydrogen-bond acceptors (Lipinski definition) is 2. The molecule has 2 aromatic rings. The van der Waals surface area contributed by atoms with Crippen molar-refractivity contribution in [2.24, 2.45) is 0 Å². The number of aromatic nitrogens is 1. The van der Waals surface area contributed by atoms with Gasteiger partial charge >= 0.3 is 0 Å². The maximum atomic E-state index is 9.27. The maximum absolute atomic E-state index is 9.27. The van der Waals surface area contributed by atoms with Crippen LogP contribution in [0.3, 0.4) is 0 Å². The van der Waals surface area contributed by atoms with Crippen molar-refractivity contribution in [3.8, 4) is 0 Å². The van der Waals surface area contributed by atoms with E-state index < -0.39 is 6.10 Å². The number of nitrogens with one attached hydrogen (secondary N) is 1. The van der Waals surface area contributed by atoms with Crippen LogP contribution in [0.25, 0.3) is 10.9 Å². The van der Waals surface area contributed by atoms with Crippen LogP contribution in [0.5, 0.6) is 0 Å². The minimum atomic E-state index is -0.678. The Kier molecular flexibility index (Phi) is 2.52. The highest BCUT2D eigenvalue weighted by molar-refractivity contribution is 5.80. The fourth-order valence-electron chi connectivity index (χ4n) is 1.56. The van der Waals surface area contributed by atoms with Gasteiger partial charge in [0.25, 0.3) is 0 Å². The van der Waals surface area contributed by atoms with Crippen molar-refractivity contribution < 1.29 is 10.2 Å². The van der Waals surface area contributed by atoms with Crippen LogP contribution in [0.4, 0.5) is 0 Å². The topological polar surface area (TPSA) is 56.2 Å². The number of fused-ring (bicyclic) bond motifs is 1. The van der Waals surface area contributed by atoms with E-state index in [1.807, 2.05) is 30.3 Å². The van der Waals surface area contributed by atoms with Crippen molar-refractivity contribution in [1.82, 2.24) is 4.98 Å². The van der Waals surface area contributed by atoms with Gasteiger partial charge in [0.15, 0.2) is 0 Å². The fourth-order valence-corrected chi connectivity index (χ4v) is 1.56. The van der Waals surface area contributed by atoms with Gasteiger partial charge in [0.05, 0.1) is 12.7 Å². The van der Waals surface area contributed by atoms with Crippen LogP contribution in [0.2, 0.25) is 0 Å². The van der Waals surface area contributed by atoms with Gasteiger partial charge in [-0.1, -0.05) is 18.2 Å². The van der Waals surface area contributed by atoms with Gasteiger partial charge in [0.2, 0.25) is 0 Å². The smallest absolute Gasteiger partial charge is 0.0825 e. The summed E-state index contributed by atoms with van der Waals surface area (Å²) >= 11 is 0. The van der Waals surface area contributed by atoms with Crippen LogP contribution >= 0.6 is 0 Å². The summed E-state index contributed by atoms with van der Waals surface area (Å²) in [5.74, 6) is 0. The standard InChI is InChI=1S/C11H13NO2/c13-7-10(14)6-9-5-8-3-1-2-4-11(8)12-9/h1-5,10,12-14H,6-7H2/t10-/m1/s1. The number of benzene rings is 1. The van der Waals surface area contributed by atoms with Gasteiger partial charge in [-0.25, -0.2) is 0 Å². The fraction of sp³-hybridized carbons (Fsp3) is 0.273. The monoisotopic (exact) mass is 191 g/mol. The SMILES string of the molecule is OC[C@H](O)Cc1cc2ccccc2[nH]1. The molecular weight excluding hydrogens is 178 g/mol. The molecule has 0 aliphatic rings. The summed E-state index contributed by atoms with van der Waals surface area (Å²) in [6.07, 6.45) is -0.214. The number of aromatic amines is 1. The Morgan fingerprint density at radius 3 is 2.79 bits per heavy atom. The van der Waals surface area contributed by atoms with E-state index in [0.717, 1.165) is 16.6 Å². The molecule has 0 aliphatic heterocycles. The van der Waals surface area contributed by atoms with Crippen LogP contribution < -0.4 is 0 Å². The lowest BCUT2D eigenvalue weighted by atomic mass is 10.2. The lowest BCUT2D eigenvalue weighted by Gasteiger charge is -2.03. The quantitative estimate of drug-likeness (QED) is 0.679. The van der Waals surface area contributed by atoms with E-state index >= 15 is 0 Å². The molecule has 0 aliphatic carbocycles. The number of aliphatic hydroxyl groups is 2. The second kappa shape index (κ2) is 3.82. The van der Waals surface area contributed by atoms with E-state index in [-0.39, 0.29) is 6.61 Å². The third-order valence-electron chi connectivity index (χ3n) is 2.25. The molecule has 1 heterocycles. The van der Waals surface area contributed by atoms with Crippen molar-refractivity contribution in [2.75, 3.05) is 6.61 Å². The predicted octanol–water partition coefficient (Wildman–Crippen LogP) is 1.06. The van der Waals surface area contributed by atoms with E-state index in [0.29, 0.717) is 6.42 Å². The highest BCUT2D eigenvalue weighted by Gasteiger charge is 2.05. The second-order valence-electron chi connectivity index (χ2n) is 3.42. The molecule has 3 heteroatoms. The lowest BCUT2D eigenvalue weighted by molar-refractivity contribution is 0.0949. The molecule has 0 amide bonds. The molecule has 3 N–H and O–H groups in total. The number of hydrogen-bond donors (Lipinski definition) is 3. The molecule has 0 spiro atoms. The predicted molar refractivity (Wildman–Crippen MR) is 55.1 cm³/mol. The molecule has 2 rings (SSSR count). The van der Waals surface area contributed by atoms with E-state index in [2.05, 4.69) is 4.98 Å². The zero-order valence-electron chi connectivity index (χ0n) is 7.77. The molecule has 74 valence electrons. The molecule has 3 nitrogen and oxygen atoms in total. The Labute approximate surface area is 82.0 Å². The van der Waals surface area contributed by atoms with Crippen LogP contribution in [0.1, 0.15) is 5.69 Å². The highest BCUT2D eigenvalue weighted by Crippen LogP contribution is 2.15. The molecule has 14 heavy (non-hydrogen) atoms. The molecule has 0 saturated heterocycles. The Balaban J connectivity index is 2.27. The third kappa shape index (κ3) is 1.78. The van der Waals surface area contributed by atoms with E-state index in [1.54, 1.807) is 0 Å². The molecule has 0 radical (unpaired) electrons. The highest BCUT2D eigenvalue weighted by atomic mass is 16.3. The maximum Gasteiger partial charge on any atom is 0.0825 e. The van der Waals surface area contributed by atoms with Gasteiger partial charge < -0.3 is 15.2 Å². The lowest BCUT2D eigenvalue weighted by Crippen LogP contribution is -2.15. The number of rotatable bonds is 3. The largest absolute Gasteiger partial charge is 0.394 e. The number of H-pyrrole nitrogens is 1. The Hall–Kier alpha value is -1.32. The van der Waals surface area contributed by atoms with Crippen molar-refractivity contribution in [3.05, 3.63) is 36.0 Å². The van der Waals surface area contributed by atoms with Gasteiger partial charge in [-0.15, -0.1) is 0 Å². The normalized spacial score (nSPS) is 13.3. The molecule has 0 saturated carbocycles. The van der Waals surface area contributed by atoms with Crippen molar-refractivity contribution in [3.63, 3.8) is 0 Å². The van der Waals surface area contributed by atoms with Crippen LogP contribution in [0.15, 0.2) is 30.3 Å². The molecule has 0 fully saturated rings. The minimum absolute atomic E-state index is 0.199. The molecular formula is C11H13NO2. The minimum Gasteiger partial charge on any atom is -0.394 e. The summed E-state index contributed by atoms with van der Waals surface area (Å²) in [5.41, 5.74) is 2.01. The average Bonchev–Trinajstić information content (AvgIpc) is 2.59.